The summed E-state index contributed by atoms with van der Waals surface area (Å²) >= 11 is 7.57. The number of benzene rings is 1. The first-order valence-electron chi connectivity index (χ1n) is 7.10. The van der Waals surface area contributed by atoms with E-state index in [2.05, 4.69) is 19.9 Å². The average molecular weight is 327 g/mol. The van der Waals surface area contributed by atoms with E-state index in [1.807, 2.05) is 46.7 Å². The van der Waals surface area contributed by atoms with Gasteiger partial charge in [0.25, 0.3) is 0 Å². The van der Waals surface area contributed by atoms with Crippen molar-refractivity contribution in [1.82, 2.24) is 4.57 Å². The largest absolute Gasteiger partial charge is 0.384 e. The third-order valence-electron chi connectivity index (χ3n) is 3.96. The highest BCUT2D eigenvalue weighted by Crippen LogP contribution is 2.41. The standard InChI is InChI=1S/C17H17N3S2/c1-17(2)8-12-13(9-18)15(19)20(11-6-4-3-5-7-11)16(21)14(12)10-22-17/h3-7H,8,10,19H2,1-2H3. The van der Waals surface area contributed by atoms with E-state index in [1.165, 1.54) is 0 Å². The van der Waals surface area contributed by atoms with Crippen LogP contribution in [0, 0.1) is 16.0 Å². The van der Waals surface area contributed by atoms with Crippen LogP contribution >= 0.6 is 24.0 Å². The first-order chi connectivity index (χ1) is 10.4. The minimum absolute atomic E-state index is 0.103. The fraction of sp³-hybridized carbons (Fsp3) is 0.294. The van der Waals surface area contributed by atoms with Gasteiger partial charge in [-0.25, -0.2) is 0 Å². The Morgan fingerprint density at radius 2 is 1.95 bits per heavy atom. The molecule has 0 spiro atoms. The second-order valence-corrected chi connectivity index (χ2v) is 8.10. The molecule has 3 nitrogen and oxygen atoms in total. The minimum atomic E-state index is 0.103. The topological polar surface area (TPSA) is 54.7 Å². The number of hydrogen-bond acceptors (Lipinski definition) is 4. The summed E-state index contributed by atoms with van der Waals surface area (Å²) in [6, 6.07) is 12.1. The number of hydrogen-bond donors (Lipinski definition) is 1. The molecule has 2 N–H and O–H groups in total. The van der Waals surface area contributed by atoms with Crippen molar-refractivity contribution >= 4 is 29.8 Å². The monoisotopic (exact) mass is 327 g/mol. The number of fused-ring (bicyclic) bond motifs is 1. The molecular weight excluding hydrogens is 310 g/mol. The quantitative estimate of drug-likeness (QED) is 0.796. The molecule has 0 atom stereocenters. The molecule has 1 aliphatic rings. The molecule has 0 aliphatic carbocycles. The van der Waals surface area contributed by atoms with Gasteiger partial charge in [-0.3, -0.25) is 4.57 Å². The van der Waals surface area contributed by atoms with Crippen LogP contribution in [0.1, 0.15) is 30.5 Å². The summed E-state index contributed by atoms with van der Waals surface area (Å²) in [5.41, 5.74) is 9.88. The Labute approximate surface area is 139 Å². The molecule has 0 unspecified atom stereocenters. The maximum absolute atomic E-state index is 9.62. The van der Waals surface area contributed by atoms with Crippen molar-refractivity contribution in [2.24, 2.45) is 0 Å². The number of nitrogens with two attached hydrogens (primary N) is 1. The lowest BCUT2D eigenvalue weighted by Crippen LogP contribution is -2.26. The molecule has 5 heteroatoms. The molecule has 1 aromatic heterocycles. The number of thioether (sulfide) groups is 1. The van der Waals surface area contributed by atoms with Crippen LogP contribution in [0.5, 0.6) is 0 Å². The molecule has 0 saturated carbocycles. The molecule has 2 aromatic rings. The summed E-state index contributed by atoms with van der Waals surface area (Å²) in [6.45, 7) is 4.39. The number of aromatic nitrogens is 1. The van der Waals surface area contributed by atoms with Gasteiger partial charge in [0.05, 0.1) is 5.56 Å². The Kier molecular flexibility index (Phi) is 3.75. The Hall–Kier alpha value is -1.77. The third-order valence-corrected chi connectivity index (χ3v) is 5.75. The zero-order valence-electron chi connectivity index (χ0n) is 12.6. The molecule has 0 amide bonds. The van der Waals surface area contributed by atoms with Gasteiger partial charge in [-0.05, 0) is 24.1 Å². The van der Waals surface area contributed by atoms with Gasteiger partial charge in [0.1, 0.15) is 16.5 Å². The molecule has 2 heterocycles. The molecule has 0 fully saturated rings. The summed E-state index contributed by atoms with van der Waals surface area (Å²) in [4.78, 5) is 0. The van der Waals surface area contributed by atoms with Crippen LogP contribution < -0.4 is 5.73 Å². The molecule has 112 valence electrons. The maximum Gasteiger partial charge on any atom is 0.127 e. The van der Waals surface area contributed by atoms with Crippen molar-refractivity contribution in [2.75, 3.05) is 5.73 Å². The lowest BCUT2D eigenvalue weighted by Gasteiger charge is -2.32. The Balaban J connectivity index is 2.33. The van der Waals surface area contributed by atoms with Crippen molar-refractivity contribution in [1.29, 1.82) is 5.26 Å². The first kappa shape index (κ1) is 15.1. The highest BCUT2D eigenvalue weighted by molar-refractivity contribution is 7.99. The van der Waals surface area contributed by atoms with Gasteiger partial charge in [0, 0.05) is 21.8 Å². The van der Waals surface area contributed by atoms with Crippen molar-refractivity contribution in [3.8, 4) is 11.8 Å². The van der Waals surface area contributed by atoms with E-state index in [-0.39, 0.29) is 4.75 Å². The summed E-state index contributed by atoms with van der Waals surface area (Å²) in [6.07, 6.45) is 0.819. The van der Waals surface area contributed by atoms with Crippen molar-refractivity contribution in [3.63, 3.8) is 0 Å². The molecule has 0 bridgehead atoms. The van der Waals surface area contributed by atoms with E-state index in [1.54, 1.807) is 0 Å². The highest BCUT2D eigenvalue weighted by atomic mass is 32.2. The van der Waals surface area contributed by atoms with Crippen LogP contribution in [0.2, 0.25) is 0 Å². The fourth-order valence-corrected chi connectivity index (χ4v) is 4.42. The predicted molar refractivity (Wildman–Crippen MR) is 94.8 cm³/mol. The van der Waals surface area contributed by atoms with Crippen LogP contribution in [0.15, 0.2) is 30.3 Å². The van der Waals surface area contributed by atoms with E-state index < -0.39 is 0 Å². The van der Waals surface area contributed by atoms with Crippen molar-refractivity contribution in [3.05, 3.63) is 51.7 Å². The van der Waals surface area contributed by atoms with Gasteiger partial charge in [-0.15, -0.1) is 0 Å². The van der Waals surface area contributed by atoms with Crippen LogP contribution in [0.4, 0.5) is 5.82 Å². The van der Waals surface area contributed by atoms with E-state index in [9.17, 15) is 5.26 Å². The maximum atomic E-state index is 9.62. The number of pyridine rings is 1. The number of nitrogen functional groups attached to an aromatic ring is 1. The fourth-order valence-electron chi connectivity index (χ4n) is 2.84. The highest BCUT2D eigenvalue weighted by Gasteiger charge is 2.31. The third kappa shape index (κ3) is 2.43. The van der Waals surface area contributed by atoms with Gasteiger partial charge in [0.2, 0.25) is 0 Å². The second kappa shape index (κ2) is 5.45. The van der Waals surface area contributed by atoms with E-state index >= 15 is 0 Å². The zero-order chi connectivity index (χ0) is 15.9. The van der Waals surface area contributed by atoms with E-state index in [4.69, 9.17) is 18.0 Å². The number of nitriles is 1. The van der Waals surface area contributed by atoms with Crippen LogP contribution in [-0.2, 0) is 12.2 Å². The van der Waals surface area contributed by atoms with Crippen molar-refractivity contribution < 1.29 is 0 Å². The van der Waals surface area contributed by atoms with E-state index in [0.717, 1.165) is 33.6 Å². The molecule has 1 aromatic carbocycles. The van der Waals surface area contributed by atoms with Gasteiger partial charge < -0.3 is 5.73 Å². The summed E-state index contributed by atoms with van der Waals surface area (Å²) < 4.78 is 2.65. The van der Waals surface area contributed by atoms with Crippen LogP contribution in [-0.4, -0.2) is 9.31 Å². The molecule has 3 rings (SSSR count). The Bertz CT molecular complexity index is 830. The normalized spacial score (nSPS) is 15.9. The van der Waals surface area contributed by atoms with E-state index in [0.29, 0.717) is 11.4 Å². The first-order valence-corrected chi connectivity index (χ1v) is 8.50. The molecular formula is C17H17N3S2. The minimum Gasteiger partial charge on any atom is -0.384 e. The molecule has 22 heavy (non-hydrogen) atoms. The van der Waals surface area contributed by atoms with Crippen LogP contribution in [0.25, 0.3) is 5.69 Å². The summed E-state index contributed by atoms with van der Waals surface area (Å²) in [5, 5.41) is 9.62. The number of nitrogens with zero attached hydrogens (tertiary/aromatic N) is 2. The Morgan fingerprint density at radius 3 is 2.59 bits per heavy atom. The lowest BCUT2D eigenvalue weighted by atomic mass is 9.94. The summed E-state index contributed by atoms with van der Waals surface area (Å²) in [5.74, 6) is 1.27. The summed E-state index contributed by atoms with van der Waals surface area (Å²) in [7, 11) is 0. The lowest BCUT2D eigenvalue weighted by molar-refractivity contribution is 0.688. The van der Waals surface area contributed by atoms with Gasteiger partial charge in [-0.1, -0.05) is 44.3 Å². The second-order valence-electron chi connectivity index (χ2n) is 6.03. The number of para-hydroxylation sites is 1. The number of anilines is 1. The SMILES string of the molecule is CC1(C)Cc2c(C#N)c(N)n(-c3ccccc3)c(=S)c2CS1. The molecule has 1 aliphatic heterocycles. The smallest absolute Gasteiger partial charge is 0.127 e. The van der Waals surface area contributed by atoms with Gasteiger partial charge in [-0.2, -0.15) is 17.0 Å². The molecule has 0 radical (unpaired) electrons. The predicted octanol–water partition coefficient (Wildman–Crippen LogP) is 4.23. The average Bonchev–Trinajstić information content (AvgIpc) is 2.48. The number of rotatable bonds is 1. The van der Waals surface area contributed by atoms with Gasteiger partial charge >= 0.3 is 0 Å². The zero-order valence-corrected chi connectivity index (χ0v) is 14.2. The van der Waals surface area contributed by atoms with Crippen LogP contribution in [0.3, 0.4) is 0 Å². The van der Waals surface area contributed by atoms with Gasteiger partial charge in [0.15, 0.2) is 0 Å². The van der Waals surface area contributed by atoms with Crippen molar-refractivity contribution in [2.45, 2.75) is 30.8 Å². The molecule has 0 saturated heterocycles. The Morgan fingerprint density at radius 1 is 1.27 bits per heavy atom.